The molecule has 0 bridgehead atoms. The molecule has 20 heavy (non-hydrogen) atoms. The lowest BCUT2D eigenvalue weighted by Crippen LogP contribution is -2.34. The number of anilines is 1. The van der Waals surface area contributed by atoms with E-state index in [0.29, 0.717) is 0 Å². The highest BCUT2D eigenvalue weighted by atomic mass is 35.5. The van der Waals surface area contributed by atoms with E-state index in [1.165, 1.54) is 0 Å². The quantitative estimate of drug-likeness (QED) is 0.911. The molecule has 2 atom stereocenters. The standard InChI is InChI=1S/C14H17N3OS.ClH/c1-9(10(2)15)13(18)17-12-5-3-4-11(8-12)14-16-6-7-19-14;/h3-10H,15H2,1-2H3,(H,17,18);1H. The number of benzene rings is 1. The third-order valence-electron chi connectivity index (χ3n) is 3.01. The molecule has 2 rings (SSSR count). The summed E-state index contributed by atoms with van der Waals surface area (Å²) in [4.78, 5) is 16.2. The van der Waals surface area contributed by atoms with Crippen LogP contribution in [0.15, 0.2) is 35.8 Å². The highest BCUT2D eigenvalue weighted by Gasteiger charge is 2.17. The zero-order valence-electron chi connectivity index (χ0n) is 11.4. The van der Waals surface area contributed by atoms with Crippen LogP contribution in [-0.4, -0.2) is 16.9 Å². The molecule has 2 unspecified atom stereocenters. The number of hydrogen-bond acceptors (Lipinski definition) is 4. The van der Waals surface area contributed by atoms with E-state index in [1.807, 2.05) is 43.5 Å². The van der Waals surface area contributed by atoms with Gasteiger partial charge in [0.25, 0.3) is 0 Å². The van der Waals surface area contributed by atoms with E-state index in [4.69, 9.17) is 5.73 Å². The number of nitrogens with one attached hydrogen (secondary N) is 1. The maximum absolute atomic E-state index is 11.9. The Morgan fingerprint density at radius 3 is 2.75 bits per heavy atom. The average Bonchev–Trinajstić information content (AvgIpc) is 2.91. The van der Waals surface area contributed by atoms with Crippen molar-refractivity contribution < 1.29 is 4.79 Å². The maximum atomic E-state index is 11.9. The van der Waals surface area contributed by atoms with Crippen LogP contribution in [0.5, 0.6) is 0 Å². The molecule has 6 heteroatoms. The van der Waals surface area contributed by atoms with Crippen LogP contribution in [0.1, 0.15) is 13.8 Å². The molecule has 0 fully saturated rings. The SMILES string of the molecule is CC(N)C(C)C(=O)Nc1cccc(-c2nccs2)c1.Cl. The van der Waals surface area contributed by atoms with Gasteiger partial charge in [0, 0.05) is 28.9 Å². The van der Waals surface area contributed by atoms with Crippen molar-refractivity contribution in [3.05, 3.63) is 35.8 Å². The Hall–Kier alpha value is -1.43. The summed E-state index contributed by atoms with van der Waals surface area (Å²) in [5.74, 6) is -0.283. The molecule has 3 N–H and O–H groups in total. The van der Waals surface area contributed by atoms with Crippen LogP contribution in [0.4, 0.5) is 5.69 Å². The van der Waals surface area contributed by atoms with Crippen LogP contribution >= 0.6 is 23.7 Å². The second kappa shape index (κ2) is 7.38. The van der Waals surface area contributed by atoms with Gasteiger partial charge in [-0.25, -0.2) is 4.98 Å². The number of thiazole rings is 1. The Kier molecular flexibility index (Phi) is 6.13. The van der Waals surface area contributed by atoms with Crippen molar-refractivity contribution in [2.24, 2.45) is 11.7 Å². The lowest BCUT2D eigenvalue weighted by Gasteiger charge is -2.15. The lowest BCUT2D eigenvalue weighted by molar-refractivity contribution is -0.119. The van der Waals surface area contributed by atoms with Crippen LogP contribution in [0.3, 0.4) is 0 Å². The molecule has 1 aromatic heterocycles. The zero-order chi connectivity index (χ0) is 13.8. The highest BCUT2D eigenvalue weighted by molar-refractivity contribution is 7.13. The van der Waals surface area contributed by atoms with E-state index in [-0.39, 0.29) is 30.3 Å². The summed E-state index contributed by atoms with van der Waals surface area (Å²) >= 11 is 1.57. The van der Waals surface area contributed by atoms with Gasteiger partial charge in [0.15, 0.2) is 0 Å². The fraction of sp³-hybridized carbons (Fsp3) is 0.286. The molecule has 0 spiro atoms. The number of halogens is 1. The summed E-state index contributed by atoms with van der Waals surface area (Å²) in [6.07, 6.45) is 1.77. The van der Waals surface area contributed by atoms with Gasteiger partial charge in [-0.1, -0.05) is 19.1 Å². The first-order valence-corrected chi connectivity index (χ1v) is 7.02. The van der Waals surface area contributed by atoms with Crippen LogP contribution < -0.4 is 11.1 Å². The summed E-state index contributed by atoms with van der Waals surface area (Å²) in [5, 5.41) is 5.75. The Bertz CT molecular complexity index is 557. The Balaban J connectivity index is 0.00000200. The predicted octanol–water partition coefficient (Wildman–Crippen LogP) is 3.15. The first kappa shape index (κ1) is 16.6. The molecule has 1 amide bonds. The molecule has 1 aromatic carbocycles. The summed E-state index contributed by atoms with van der Waals surface area (Å²) in [7, 11) is 0. The zero-order valence-corrected chi connectivity index (χ0v) is 13.0. The Morgan fingerprint density at radius 1 is 1.40 bits per heavy atom. The largest absolute Gasteiger partial charge is 0.327 e. The summed E-state index contributed by atoms with van der Waals surface area (Å²) < 4.78 is 0. The molecule has 0 aliphatic heterocycles. The molecule has 108 valence electrons. The number of rotatable bonds is 4. The van der Waals surface area contributed by atoms with Gasteiger partial charge in [-0.3, -0.25) is 4.79 Å². The van der Waals surface area contributed by atoms with Crippen molar-refractivity contribution in [2.45, 2.75) is 19.9 Å². The average molecular weight is 312 g/mol. The number of aromatic nitrogens is 1. The molecule has 2 aromatic rings. The van der Waals surface area contributed by atoms with Crippen molar-refractivity contribution in [2.75, 3.05) is 5.32 Å². The van der Waals surface area contributed by atoms with E-state index < -0.39 is 0 Å². The van der Waals surface area contributed by atoms with Crippen molar-refractivity contribution >= 4 is 35.3 Å². The van der Waals surface area contributed by atoms with Crippen LogP contribution in [0, 0.1) is 5.92 Å². The van der Waals surface area contributed by atoms with Gasteiger partial charge in [-0.15, -0.1) is 23.7 Å². The van der Waals surface area contributed by atoms with Gasteiger partial charge in [-0.2, -0.15) is 0 Å². The van der Waals surface area contributed by atoms with E-state index >= 15 is 0 Å². The molecule has 4 nitrogen and oxygen atoms in total. The number of nitrogens with zero attached hydrogens (tertiary/aromatic N) is 1. The molecule has 1 heterocycles. The van der Waals surface area contributed by atoms with Crippen LogP contribution in [-0.2, 0) is 4.79 Å². The summed E-state index contributed by atoms with van der Waals surface area (Å²) in [6.45, 7) is 3.65. The number of amides is 1. The number of carbonyl (C=O) groups excluding carboxylic acids is 1. The van der Waals surface area contributed by atoms with E-state index in [2.05, 4.69) is 10.3 Å². The molecular formula is C14H18ClN3OS. The van der Waals surface area contributed by atoms with Crippen molar-refractivity contribution in [1.29, 1.82) is 0 Å². The minimum atomic E-state index is -0.219. The van der Waals surface area contributed by atoms with E-state index in [9.17, 15) is 4.79 Å². The first-order valence-electron chi connectivity index (χ1n) is 6.14. The second-order valence-corrected chi connectivity index (χ2v) is 5.45. The number of hydrogen-bond donors (Lipinski definition) is 2. The molecule has 0 radical (unpaired) electrons. The highest BCUT2D eigenvalue weighted by Crippen LogP contribution is 2.24. The predicted molar refractivity (Wildman–Crippen MR) is 86.2 cm³/mol. The number of carbonyl (C=O) groups is 1. The van der Waals surface area contributed by atoms with Crippen LogP contribution in [0.2, 0.25) is 0 Å². The van der Waals surface area contributed by atoms with Crippen molar-refractivity contribution in [1.82, 2.24) is 4.98 Å². The smallest absolute Gasteiger partial charge is 0.228 e. The third kappa shape index (κ3) is 4.03. The molecule has 0 saturated heterocycles. The van der Waals surface area contributed by atoms with Crippen molar-refractivity contribution in [3.8, 4) is 10.6 Å². The van der Waals surface area contributed by atoms with Crippen molar-refractivity contribution in [3.63, 3.8) is 0 Å². The molecule has 0 saturated carbocycles. The Labute approximate surface area is 128 Å². The summed E-state index contributed by atoms with van der Waals surface area (Å²) in [6, 6.07) is 7.50. The van der Waals surface area contributed by atoms with E-state index in [0.717, 1.165) is 16.3 Å². The van der Waals surface area contributed by atoms with Crippen LogP contribution in [0.25, 0.3) is 10.6 Å². The van der Waals surface area contributed by atoms with E-state index in [1.54, 1.807) is 17.5 Å². The molecule has 0 aliphatic carbocycles. The fourth-order valence-electron chi connectivity index (χ4n) is 1.59. The minimum absolute atomic E-state index is 0. The fourth-order valence-corrected chi connectivity index (χ4v) is 2.23. The maximum Gasteiger partial charge on any atom is 0.228 e. The van der Waals surface area contributed by atoms with Gasteiger partial charge >= 0.3 is 0 Å². The van der Waals surface area contributed by atoms with Gasteiger partial charge in [0.2, 0.25) is 5.91 Å². The van der Waals surface area contributed by atoms with Gasteiger partial charge < -0.3 is 11.1 Å². The summed E-state index contributed by atoms with van der Waals surface area (Å²) in [5.41, 5.74) is 7.50. The van der Waals surface area contributed by atoms with Gasteiger partial charge in [0.05, 0.1) is 5.92 Å². The molecule has 0 aliphatic rings. The van der Waals surface area contributed by atoms with Gasteiger partial charge in [-0.05, 0) is 19.1 Å². The minimum Gasteiger partial charge on any atom is -0.327 e. The normalized spacial score (nSPS) is 13.2. The van der Waals surface area contributed by atoms with Gasteiger partial charge in [0.1, 0.15) is 5.01 Å². The second-order valence-electron chi connectivity index (χ2n) is 4.56. The first-order chi connectivity index (χ1) is 9.08. The third-order valence-corrected chi connectivity index (χ3v) is 3.83. The Morgan fingerprint density at radius 2 is 2.15 bits per heavy atom. The monoisotopic (exact) mass is 311 g/mol. The number of nitrogens with two attached hydrogens (primary N) is 1. The topological polar surface area (TPSA) is 68.0 Å². The lowest BCUT2D eigenvalue weighted by atomic mass is 10.0. The molecular weight excluding hydrogens is 294 g/mol.